The molecule has 0 aliphatic rings. The summed E-state index contributed by atoms with van der Waals surface area (Å²) in [6.45, 7) is 15.7. The van der Waals surface area contributed by atoms with Gasteiger partial charge in [0.15, 0.2) is 12.6 Å². The predicted octanol–water partition coefficient (Wildman–Crippen LogP) is 6.60. The summed E-state index contributed by atoms with van der Waals surface area (Å²) in [5.41, 5.74) is 1.69. The van der Waals surface area contributed by atoms with E-state index >= 15 is 0 Å². The van der Waals surface area contributed by atoms with E-state index in [2.05, 4.69) is 49.5 Å². The Balaban J connectivity index is 0.000000220. The first-order valence-electron chi connectivity index (χ1n) is 13.2. The van der Waals surface area contributed by atoms with Gasteiger partial charge in [-0.05, 0) is 36.4 Å². The highest BCUT2D eigenvalue weighted by Gasteiger charge is 2.14. The Kier molecular flexibility index (Phi) is 10.6. The molecule has 0 N–H and O–H groups in total. The number of nitrogens with zero attached hydrogens (tertiary/aromatic N) is 4. The summed E-state index contributed by atoms with van der Waals surface area (Å²) in [7, 11) is -2.22. The van der Waals surface area contributed by atoms with E-state index < -0.39 is 27.8 Å². The van der Waals surface area contributed by atoms with Crippen LogP contribution < -0.4 is 0 Å². The largest absolute Gasteiger partial charge is 0.360 e. The SMILES string of the molecule is C[Si](C)(C)CCOCn1cc2cc(F)cc(C=O)c2n1.C[Si](C)(C)CCOCn1ncc2cc(F)cc(C=O)c21. The Morgan fingerprint density at radius 2 is 1.35 bits per heavy atom. The number of aromatic nitrogens is 4. The molecule has 8 nitrogen and oxygen atoms in total. The third-order valence-electron chi connectivity index (χ3n) is 6.06. The molecule has 0 bridgehead atoms. The summed E-state index contributed by atoms with van der Waals surface area (Å²) in [5.74, 6) is -0.863. The zero-order chi connectivity index (χ0) is 29.5. The first-order chi connectivity index (χ1) is 18.8. The molecule has 0 fully saturated rings. The minimum absolute atomic E-state index is 0.265. The van der Waals surface area contributed by atoms with Gasteiger partial charge in [0.1, 0.15) is 30.6 Å². The summed E-state index contributed by atoms with van der Waals surface area (Å²) in [5, 5.41) is 9.64. The molecule has 40 heavy (non-hydrogen) atoms. The molecule has 2 aromatic carbocycles. The Morgan fingerprint density at radius 1 is 0.800 bits per heavy atom. The van der Waals surface area contributed by atoms with Crippen LogP contribution in [0.5, 0.6) is 0 Å². The third kappa shape index (κ3) is 9.25. The van der Waals surface area contributed by atoms with E-state index in [1.54, 1.807) is 21.8 Å². The third-order valence-corrected chi connectivity index (χ3v) is 9.47. The quantitative estimate of drug-likeness (QED) is 0.105. The number of rotatable bonds is 12. The van der Waals surface area contributed by atoms with Gasteiger partial charge >= 0.3 is 0 Å². The van der Waals surface area contributed by atoms with Crippen molar-refractivity contribution in [2.24, 2.45) is 0 Å². The van der Waals surface area contributed by atoms with Gasteiger partial charge in [0, 0.05) is 57.5 Å². The molecule has 216 valence electrons. The van der Waals surface area contributed by atoms with Crippen LogP contribution in [0, 0.1) is 11.6 Å². The van der Waals surface area contributed by atoms with Crippen LogP contribution in [0.3, 0.4) is 0 Å². The monoisotopic (exact) mass is 588 g/mol. The summed E-state index contributed by atoms with van der Waals surface area (Å²) >= 11 is 0. The molecule has 0 amide bonds. The summed E-state index contributed by atoms with van der Waals surface area (Å²) in [6.07, 6.45) is 4.51. The lowest BCUT2D eigenvalue weighted by atomic mass is 10.1. The van der Waals surface area contributed by atoms with Crippen molar-refractivity contribution in [2.75, 3.05) is 13.2 Å². The molecule has 0 spiro atoms. The summed E-state index contributed by atoms with van der Waals surface area (Å²) in [6, 6.07) is 7.31. The average molecular weight is 589 g/mol. The van der Waals surface area contributed by atoms with Crippen LogP contribution in [-0.2, 0) is 22.9 Å². The first kappa shape index (κ1) is 31.5. The van der Waals surface area contributed by atoms with E-state index in [-0.39, 0.29) is 12.3 Å². The fraction of sp³-hybridized carbons (Fsp3) is 0.429. The fourth-order valence-electron chi connectivity index (χ4n) is 3.81. The maximum Gasteiger partial charge on any atom is 0.152 e. The van der Waals surface area contributed by atoms with Gasteiger partial charge in [0.05, 0.1) is 11.7 Å². The number of benzene rings is 2. The van der Waals surface area contributed by atoms with E-state index in [1.807, 2.05) is 0 Å². The molecule has 0 saturated heterocycles. The average Bonchev–Trinajstić information content (AvgIpc) is 3.46. The molecule has 4 aromatic rings. The molecule has 2 heterocycles. The normalized spacial score (nSPS) is 12.0. The number of fused-ring (bicyclic) bond motifs is 2. The number of hydrogen-bond donors (Lipinski definition) is 0. The van der Waals surface area contributed by atoms with Gasteiger partial charge in [-0.1, -0.05) is 39.3 Å². The van der Waals surface area contributed by atoms with Crippen molar-refractivity contribution in [3.63, 3.8) is 0 Å². The second-order valence-corrected chi connectivity index (χ2v) is 23.4. The number of aldehydes is 2. The molecule has 2 aromatic heterocycles. The lowest BCUT2D eigenvalue weighted by Gasteiger charge is -2.15. The van der Waals surface area contributed by atoms with Gasteiger partial charge in [0.2, 0.25) is 0 Å². The lowest BCUT2D eigenvalue weighted by Crippen LogP contribution is -2.22. The standard InChI is InChI=1S/2C14H19FN2O2Si/c1-20(2,3)5-4-19-10-17-8-11-6-13(15)7-12(9-18)14(11)16-17;1-20(2,3)5-4-19-10-17-14-11(8-16-17)6-13(15)7-12(14)9-18/h2*6-9H,4-5,10H2,1-3H3. The number of hydrogen-bond acceptors (Lipinski definition) is 6. The highest BCUT2D eigenvalue weighted by atomic mass is 28.3. The Labute approximate surface area is 235 Å². The van der Waals surface area contributed by atoms with Crippen molar-refractivity contribution < 1.29 is 27.8 Å². The molecule has 0 aliphatic heterocycles. The van der Waals surface area contributed by atoms with Crippen LogP contribution >= 0.6 is 0 Å². The molecule has 0 atom stereocenters. The zero-order valence-electron chi connectivity index (χ0n) is 24.0. The topological polar surface area (TPSA) is 88.2 Å². The van der Waals surface area contributed by atoms with E-state index in [9.17, 15) is 18.4 Å². The molecule has 4 rings (SSSR count). The van der Waals surface area contributed by atoms with Crippen molar-refractivity contribution in [1.29, 1.82) is 0 Å². The number of carbonyl (C=O) groups is 2. The van der Waals surface area contributed by atoms with Gasteiger partial charge in [-0.3, -0.25) is 9.59 Å². The van der Waals surface area contributed by atoms with Crippen molar-refractivity contribution >= 4 is 50.5 Å². The van der Waals surface area contributed by atoms with Crippen molar-refractivity contribution in [3.8, 4) is 0 Å². The van der Waals surface area contributed by atoms with E-state index in [4.69, 9.17) is 9.47 Å². The van der Waals surface area contributed by atoms with Crippen LogP contribution in [0.2, 0.25) is 51.4 Å². The number of carbonyl (C=O) groups excluding carboxylic acids is 2. The zero-order valence-corrected chi connectivity index (χ0v) is 26.0. The smallest absolute Gasteiger partial charge is 0.152 e. The predicted molar refractivity (Wildman–Crippen MR) is 158 cm³/mol. The Hall–Kier alpha value is -3.07. The molecule has 0 unspecified atom stereocenters. The number of ether oxygens (including phenoxy) is 2. The summed E-state index contributed by atoms with van der Waals surface area (Å²) < 4.78 is 41.0. The molecule has 0 aliphatic carbocycles. The molecular formula is C28H38F2N4O4Si2. The number of halogens is 2. The summed E-state index contributed by atoms with van der Waals surface area (Å²) in [4.78, 5) is 22.0. The minimum Gasteiger partial charge on any atom is -0.360 e. The van der Waals surface area contributed by atoms with Crippen molar-refractivity contribution in [2.45, 2.75) is 64.8 Å². The van der Waals surface area contributed by atoms with Crippen LogP contribution in [0.4, 0.5) is 8.78 Å². The van der Waals surface area contributed by atoms with E-state index in [0.29, 0.717) is 59.9 Å². The maximum atomic E-state index is 13.3. The van der Waals surface area contributed by atoms with Gasteiger partial charge in [0.25, 0.3) is 0 Å². The van der Waals surface area contributed by atoms with Crippen LogP contribution in [0.25, 0.3) is 21.8 Å². The minimum atomic E-state index is -1.12. The highest BCUT2D eigenvalue weighted by molar-refractivity contribution is 6.76. The van der Waals surface area contributed by atoms with Crippen LogP contribution in [0.15, 0.2) is 36.7 Å². The highest BCUT2D eigenvalue weighted by Crippen LogP contribution is 2.20. The second-order valence-electron chi connectivity index (χ2n) is 12.1. The second kappa shape index (κ2) is 13.5. The van der Waals surface area contributed by atoms with E-state index in [0.717, 1.165) is 12.1 Å². The van der Waals surface area contributed by atoms with Gasteiger partial charge < -0.3 is 9.47 Å². The van der Waals surface area contributed by atoms with E-state index in [1.165, 1.54) is 24.3 Å². The van der Waals surface area contributed by atoms with Crippen LogP contribution in [0.1, 0.15) is 20.7 Å². The van der Waals surface area contributed by atoms with Crippen molar-refractivity contribution in [3.05, 3.63) is 59.4 Å². The molecule has 0 radical (unpaired) electrons. The fourth-order valence-corrected chi connectivity index (χ4v) is 5.33. The maximum absolute atomic E-state index is 13.3. The molecule has 12 heteroatoms. The Bertz CT molecular complexity index is 1450. The van der Waals surface area contributed by atoms with Gasteiger partial charge in [-0.2, -0.15) is 10.2 Å². The molecule has 0 saturated carbocycles. The Morgan fingerprint density at radius 3 is 1.93 bits per heavy atom. The van der Waals surface area contributed by atoms with Gasteiger partial charge in [-0.15, -0.1) is 0 Å². The lowest BCUT2D eigenvalue weighted by molar-refractivity contribution is 0.0790. The van der Waals surface area contributed by atoms with Crippen molar-refractivity contribution in [1.82, 2.24) is 19.6 Å². The molecular weight excluding hydrogens is 551 g/mol. The van der Waals surface area contributed by atoms with Crippen LogP contribution in [-0.4, -0.2) is 61.5 Å². The van der Waals surface area contributed by atoms with Gasteiger partial charge in [-0.25, -0.2) is 18.1 Å². The first-order valence-corrected chi connectivity index (χ1v) is 20.6.